The number of carbonyl (C=O) groups excluding carboxylic acids is 1. The minimum Gasteiger partial charge on any atom is -0.468 e. The second-order valence-corrected chi connectivity index (χ2v) is 5.27. The summed E-state index contributed by atoms with van der Waals surface area (Å²) in [5.41, 5.74) is 6.81. The van der Waals surface area contributed by atoms with Gasteiger partial charge in [0, 0.05) is 16.3 Å². The van der Waals surface area contributed by atoms with Gasteiger partial charge in [0.25, 0.3) is 0 Å². The van der Waals surface area contributed by atoms with Crippen molar-refractivity contribution in [3.63, 3.8) is 0 Å². The highest BCUT2D eigenvalue weighted by Crippen LogP contribution is 2.28. The first-order valence-electron chi connectivity index (χ1n) is 4.81. The van der Waals surface area contributed by atoms with E-state index in [9.17, 15) is 4.79 Å². The van der Waals surface area contributed by atoms with E-state index in [1.807, 2.05) is 24.3 Å². The standard InChI is InChI=1S/C11H14BrNO2S/c1-15-11(14)7-16-10(6-13)8-2-4-9(12)5-3-8/h2-5,10H,6-7,13H2,1H3. The molecular weight excluding hydrogens is 290 g/mol. The molecule has 0 aliphatic heterocycles. The number of methoxy groups -OCH3 is 1. The number of carbonyl (C=O) groups is 1. The fourth-order valence-electron chi connectivity index (χ4n) is 1.21. The summed E-state index contributed by atoms with van der Waals surface area (Å²) in [7, 11) is 1.39. The summed E-state index contributed by atoms with van der Waals surface area (Å²) >= 11 is 4.88. The number of hydrogen-bond acceptors (Lipinski definition) is 4. The van der Waals surface area contributed by atoms with Crippen LogP contribution >= 0.6 is 27.7 Å². The molecule has 2 N–H and O–H groups in total. The Morgan fingerprint density at radius 3 is 2.62 bits per heavy atom. The molecule has 0 saturated carbocycles. The monoisotopic (exact) mass is 303 g/mol. The molecule has 0 fully saturated rings. The zero-order valence-corrected chi connectivity index (χ0v) is 11.4. The van der Waals surface area contributed by atoms with Crippen molar-refractivity contribution < 1.29 is 9.53 Å². The fraction of sp³-hybridized carbons (Fsp3) is 0.364. The molecule has 88 valence electrons. The maximum atomic E-state index is 11.0. The first-order valence-corrected chi connectivity index (χ1v) is 6.65. The van der Waals surface area contributed by atoms with Gasteiger partial charge in [-0.1, -0.05) is 28.1 Å². The first kappa shape index (κ1) is 13.5. The van der Waals surface area contributed by atoms with Crippen LogP contribution in [0.15, 0.2) is 28.7 Å². The fourth-order valence-corrected chi connectivity index (χ4v) is 2.41. The van der Waals surface area contributed by atoms with Gasteiger partial charge in [-0.2, -0.15) is 0 Å². The maximum Gasteiger partial charge on any atom is 0.315 e. The van der Waals surface area contributed by atoms with Crippen molar-refractivity contribution in [2.45, 2.75) is 5.25 Å². The largest absolute Gasteiger partial charge is 0.468 e. The smallest absolute Gasteiger partial charge is 0.315 e. The number of thioether (sulfide) groups is 1. The summed E-state index contributed by atoms with van der Waals surface area (Å²) in [6.45, 7) is 0.503. The van der Waals surface area contributed by atoms with Crippen LogP contribution in [0.25, 0.3) is 0 Å². The summed E-state index contributed by atoms with van der Waals surface area (Å²) in [5, 5.41) is 0.132. The maximum absolute atomic E-state index is 11.0. The molecule has 5 heteroatoms. The second kappa shape index (κ2) is 6.93. The third kappa shape index (κ3) is 4.15. The molecule has 0 aromatic heterocycles. The van der Waals surface area contributed by atoms with E-state index in [4.69, 9.17) is 5.73 Å². The van der Waals surface area contributed by atoms with Gasteiger partial charge in [-0.3, -0.25) is 4.79 Å². The third-order valence-corrected chi connectivity index (χ3v) is 3.88. The van der Waals surface area contributed by atoms with Crippen molar-refractivity contribution in [2.75, 3.05) is 19.4 Å². The average molecular weight is 304 g/mol. The third-order valence-electron chi connectivity index (χ3n) is 2.09. The molecule has 1 atom stereocenters. The Kier molecular flexibility index (Phi) is 5.87. The molecule has 16 heavy (non-hydrogen) atoms. The molecule has 1 aromatic rings. The molecule has 0 amide bonds. The van der Waals surface area contributed by atoms with Crippen molar-refractivity contribution in [1.29, 1.82) is 0 Å². The number of halogens is 1. The zero-order valence-electron chi connectivity index (χ0n) is 8.98. The van der Waals surface area contributed by atoms with Crippen molar-refractivity contribution in [1.82, 2.24) is 0 Å². The van der Waals surface area contributed by atoms with E-state index in [1.54, 1.807) is 0 Å². The quantitative estimate of drug-likeness (QED) is 0.849. The van der Waals surface area contributed by atoms with Gasteiger partial charge in [0.1, 0.15) is 0 Å². The topological polar surface area (TPSA) is 52.3 Å². The lowest BCUT2D eigenvalue weighted by Gasteiger charge is -2.14. The van der Waals surface area contributed by atoms with E-state index in [1.165, 1.54) is 18.9 Å². The molecule has 0 radical (unpaired) electrons. The van der Waals surface area contributed by atoms with E-state index in [0.29, 0.717) is 12.3 Å². The minimum absolute atomic E-state index is 0.132. The SMILES string of the molecule is COC(=O)CSC(CN)c1ccc(Br)cc1. The summed E-state index contributed by atoms with van der Waals surface area (Å²) < 4.78 is 5.62. The Bertz CT molecular complexity index is 342. The lowest BCUT2D eigenvalue weighted by molar-refractivity contribution is -0.137. The number of nitrogens with two attached hydrogens (primary N) is 1. The highest BCUT2D eigenvalue weighted by Gasteiger charge is 2.12. The average Bonchev–Trinajstić information content (AvgIpc) is 2.31. The highest BCUT2D eigenvalue weighted by atomic mass is 79.9. The molecule has 0 saturated heterocycles. The lowest BCUT2D eigenvalue weighted by atomic mass is 10.1. The van der Waals surface area contributed by atoms with Crippen LogP contribution in [0.3, 0.4) is 0 Å². The van der Waals surface area contributed by atoms with Crippen LogP contribution < -0.4 is 5.73 Å². The van der Waals surface area contributed by atoms with Crippen LogP contribution in [0, 0.1) is 0 Å². The van der Waals surface area contributed by atoms with Crippen LogP contribution in [-0.4, -0.2) is 25.4 Å². The van der Waals surface area contributed by atoms with Crippen LogP contribution in [0.2, 0.25) is 0 Å². The van der Waals surface area contributed by atoms with Gasteiger partial charge in [-0.15, -0.1) is 11.8 Å². The molecule has 0 heterocycles. The van der Waals surface area contributed by atoms with Crippen molar-refractivity contribution in [2.24, 2.45) is 5.73 Å². The Hall–Kier alpha value is -0.520. The van der Waals surface area contributed by atoms with Crippen LogP contribution in [-0.2, 0) is 9.53 Å². The van der Waals surface area contributed by atoms with Gasteiger partial charge in [0.15, 0.2) is 0 Å². The Morgan fingerprint density at radius 1 is 1.50 bits per heavy atom. The Morgan fingerprint density at radius 2 is 2.12 bits per heavy atom. The number of ether oxygens (including phenoxy) is 1. The van der Waals surface area contributed by atoms with E-state index in [0.717, 1.165) is 10.0 Å². The van der Waals surface area contributed by atoms with Gasteiger partial charge in [-0.25, -0.2) is 0 Å². The van der Waals surface area contributed by atoms with E-state index >= 15 is 0 Å². The van der Waals surface area contributed by atoms with Gasteiger partial charge >= 0.3 is 5.97 Å². The molecular formula is C11H14BrNO2S. The van der Waals surface area contributed by atoms with Crippen molar-refractivity contribution in [3.05, 3.63) is 34.3 Å². The number of rotatable bonds is 5. The van der Waals surface area contributed by atoms with E-state index in [2.05, 4.69) is 20.7 Å². The molecule has 1 unspecified atom stereocenters. The summed E-state index contributed by atoms with van der Waals surface area (Å²) in [4.78, 5) is 11.0. The highest BCUT2D eigenvalue weighted by molar-refractivity contribution is 9.10. The molecule has 0 spiro atoms. The summed E-state index contributed by atoms with van der Waals surface area (Å²) in [6, 6.07) is 7.95. The molecule has 0 aliphatic carbocycles. The van der Waals surface area contributed by atoms with Gasteiger partial charge < -0.3 is 10.5 Å². The summed E-state index contributed by atoms with van der Waals surface area (Å²) in [5.74, 6) is 0.106. The number of benzene rings is 1. The van der Waals surface area contributed by atoms with Crippen LogP contribution in [0.4, 0.5) is 0 Å². The normalized spacial score (nSPS) is 12.2. The number of hydrogen-bond donors (Lipinski definition) is 1. The lowest BCUT2D eigenvalue weighted by Crippen LogP contribution is -2.13. The number of esters is 1. The van der Waals surface area contributed by atoms with E-state index < -0.39 is 0 Å². The minimum atomic E-state index is -0.222. The molecule has 3 nitrogen and oxygen atoms in total. The van der Waals surface area contributed by atoms with Gasteiger partial charge in [-0.05, 0) is 17.7 Å². The second-order valence-electron chi connectivity index (χ2n) is 3.16. The zero-order chi connectivity index (χ0) is 12.0. The predicted molar refractivity (Wildman–Crippen MR) is 70.4 cm³/mol. The predicted octanol–water partition coefficient (Wildman–Crippen LogP) is 2.36. The van der Waals surface area contributed by atoms with Gasteiger partial charge in [0.05, 0.1) is 12.9 Å². The molecule has 1 rings (SSSR count). The van der Waals surface area contributed by atoms with E-state index in [-0.39, 0.29) is 11.2 Å². The Labute approximate surface area is 108 Å². The molecule has 1 aromatic carbocycles. The van der Waals surface area contributed by atoms with Crippen LogP contribution in [0.5, 0.6) is 0 Å². The van der Waals surface area contributed by atoms with Crippen LogP contribution in [0.1, 0.15) is 10.8 Å². The van der Waals surface area contributed by atoms with Gasteiger partial charge in [0.2, 0.25) is 0 Å². The Balaban J connectivity index is 2.60. The molecule has 0 aliphatic rings. The van der Waals surface area contributed by atoms with Crippen molar-refractivity contribution in [3.8, 4) is 0 Å². The first-order chi connectivity index (χ1) is 7.67. The van der Waals surface area contributed by atoms with Crippen molar-refractivity contribution >= 4 is 33.7 Å². The summed E-state index contributed by atoms with van der Waals surface area (Å²) in [6.07, 6.45) is 0. The molecule has 0 bridgehead atoms.